The molecule has 0 saturated heterocycles. The topological polar surface area (TPSA) is 89.3 Å². The Morgan fingerprint density at radius 1 is 1.05 bits per heavy atom. The Labute approximate surface area is 122 Å². The SMILES string of the molecule is NS(=O)(=O)c1ccc(NC(=O)c2ccccc2S)cc1. The second kappa shape index (κ2) is 5.66. The molecule has 0 fully saturated rings. The third-order valence-electron chi connectivity index (χ3n) is 2.59. The molecule has 0 aliphatic carbocycles. The molecule has 0 unspecified atom stereocenters. The van der Waals surface area contributed by atoms with E-state index in [0.29, 0.717) is 16.1 Å². The van der Waals surface area contributed by atoms with Gasteiger partial charge in [0, 0.05) is 10.6 Å². The van der Waals surface area contributed by atoms with Crippen molar-refractivity contribution in [1.82, 2.24) is 0 Å². The van der Waals surface area contributed by atoms with E-state index < -0.39 is 10.0 Å². The number of anilines is 1. The maximum Gasteiger partial charge on any atom is 0.256 e. The van der Waals surface area contributed by atoms with Gasteiger partial charge in [-0.3, -0.25) is 4.79 Å². The number of amides is 1. The van der Waals surface area contributed by atoms with Crippen LogP contribution in [0.25, 0.3) is 0 Å². The predicted octanol–water partition coefficient (Wildman–Crippen LogP) is 1.88. The first-order valence-corrected chi connectivity index (χ1v) is 7.59. The molecule has 0 aromatic heterocycles. The maximum absolute atomic E-state index is 12.0. The van der Waals surface area contributed by atoms with Crippen molar-refractivity contribution in [2.45, 2.75) is 9.79 Å². The molecule has 7 heteroatoms. The Morgan fingerprint density at radius 2 is 1.65 bits per heavy atom. The van der Waals surface area contributed by atoms with Gasteiger partial charge in [0.2, 0.25) is 10.0 Å². The van der Waals surface area contributed by atoms with Gasteiger partial charge in [-0.15, -0.1) is 12.6 Å². The molecule has 2 aromatic rings. The molecule has 0 bridgehead atoms. The molecule has 20 heavy (non-hydrogen) atoms. The number of primary sulfonamides is 1. The van der Waals surface area contributed by atoms with Crippen molar-refractivity contribution in [3.05, 3.63) is 54.1 Å². The third kappa shape index (κ3) is 3.38. The molecule has 5 nitrogen and oxygen atoms in total. The van der Waals surface area contributed by atoms with E-state index >= 15 is 0 Å². The Hall–Kier alpha value is -1.83. The highest BCUT2D eigenvalue weighted by Crippen LogP contribution is 2.17. The van der Waals surface area contributed by atoms with Crippen LogP contribution in [0.2, 0.25) is 0 Å². The lowest BCUT2D eigenvalue weighted by molar-refractivity contribution is 0.102. The lowest BCUT2D eigenvalue weighted by Crippen LogP contribution is -2.14. The fraction of sp³-hybridized carbons (Fsp3) is 0. The van der Waals surface area contributed by atoms with Crippen molar-refractivity contribution in [2.24, 2.45) is 5.14 Å². The molecule has 1 amide bonds. The summed E-state index contributed by atoms with van der Waals surface area (Å²) >= 11 is 4.20. The molecular weight excluding hydrogens is 296 g/mol. The number of rotatable bonds is 3. The normalized spacial score (nSPS) is 11.1. The van der Waals surface area contributed by atoms with E-state index in [0.717, 1.165) is 0 Å². The first-order chi connectivity index (χ1) is 9.38. The number of benzene rings is 2. The third-order valence-corrected chi connectivity index (χ3v) is 3.91. The summed E-state index contributed by atoms with van der Waals surface area (Å²) in [7, 11) is -3.73. The smallest absolute Gasteiger partial charge is 0.256 e. The highest BCUT2D eigenvalue weighted by molar-refractivity contribution is 7.89. The van der Waals surface area contributed by atoms with Gasteiger partial charge in [0.25, 0.3) is 5.91 Å². The van der Waals surface area contributed by atoms with Gasteiger partial charge in [0.1, 0.15) is 0 Å². The van der Waals surface area contributed by atoms with Gasteiger partial charge in [0.15, 0.2) is 0 Å². The van der Waals surface area contributed by atoms with Crippen LogP contribution in [0.1, 0.15) is 10.4 Å². The van der Waals surface area contributed by atoms with E-state index in [9.17, 15) is 13.2 Å². The zero-order chi connectivity index (χ0) is 14.8. The lowest BCUT2D eigenvalue weighted by Gasteiger charge is -2.07. The molecule has 0 radical (unpaired) electrons. The fourth-order valence-corrected chi connectivity index (χ4v) is 2.37. The van der Waals surface area contributed by atoms with Gasteiger partial charge in [-0.05, 0) is 36.4 Å². The summed E-state index contributed by atoms with van der Waals surface area (Å²) in [4.78, 5) is 12.6. The number of sulfonamides is 1. The van der Waals surface area contributed by atoms with Crippen molar-refractivity contribution < 1.29 is 13.2 Å². The molecular formula is C13H12N2O3S2. The van der Waals surface area contributed by atoms with Gasteiger partial charge >= 0.3 is 0 Å². The molecule has 2 aromatic carbocycles. The van der Waals surface area contributed by atoms with Crippen molar-refractivity contribution >= 4 is 34.2 Å². The van der Waals surface area contributed by atoms with Crippen LogP contribution in [0.4, 0.5) is 5.69 Å². The van der Waals surface area contributed by atoms with E-state index in [4.69, 9.17) is 5.14 Å². The maximum atomic E-state index is 12.0. The summed E-state index contributed by atoms with van der Waals surface area (Å²) in [6.45, 7) is 0. The first kappa shape index (κ1) is 14.6. The second-order valence-corrected chi connectivity index (χ2v) is 6.08. The Bertz CT molecular complexity index is 740. The lowest BCUT2D eigenvalue weighted by atomic mass is 10.2. The van der Waals surface area contributed by atoms with Crippen molar-refractivity contribution in [2.75, 3.05) is 5.32 Å². The van der Waals surface area contributed by atoms with Crippen LogP contribution in [0.3, 0.4) is 0 Å². The van der Waals surface area contributed by atoms with E-state index in [1.807, 2.05) is 0 Å². The summed E-state index contributed by atoms with van der Waals surface area (Å²) in [5.74, 6) is -0.320. The monoisotopic (exact) mass is 308 g/mol. The molecule has 0 saturated carbocycles. The Kier molecular flexibility index (Phi) is 4.12. The summed E-state index contributed by atoms with van der Waals surface area (Å²) in [5, 5.41) is 7.65. The number of carbonyl (C=O) groups is 1. The Balaban J connectivity index is 2.19. The van der Waals surface area contributed by atoms with Crippen LogP contribution in [-0.4, -0.2) is 14.3 Å². The van der Waals surface area contributed by atoms with Crippen LogP contribution < -0.4 is 10.5 Å². The average Bonchev–Trinajstić information content (AvgIpc) is 2.38. The van der Waals surface area contributed by atoms with Crippen LogP contribution >= 0.6 is 12.6 Å². The number of hydrogen-bond donors (Lipinski definition) is 3. The van der Waals surface area contributed by atoms with Crippen molar-refractivity contribution in [1.29, 1.82) is 0 Å². The largest absolute Gasteiger partial charge is 0.322 e. The summed E-state index contributed by atoms with van der Waals surface area (Å²) < 4.78 is 22.2. The molecule has 2 rings (SSSR count). The number of nitrogens with two attached hydrogens (primary N) is 1. The molecule has 0 atom stereocenters. The van der Waals surface area contributed by atoms with Crippen LogP contribution in [0.5, 0.6) is 0 Å². The number of carbonyl (C=O) groups excluding carboxylic acids is 1. The van der Waals surface area contributed by atoms with Crippen LogP contribution in [-0.2, 0) is 10.0 Å². The molecule has 104 valence electrons. The van der Waals surface area contributed by atoms with Gasteiger partial charge < -0.3 is 5.32 Å². The average molecular weight is 308 g/mol. The van der Waals surface area contributed by atoms with Crippen molar-refractivity contribution in [3.8, 4) is 0 Å². The molecule has 3 N–H and O–H groups in total. The molecule has 0 aliphatic heterocycles. The highest BCUT2D eigenvalue weighted by atomic mass is 32.2. The Morgan fingerprint density at radius 3 is 2.20 bits per heavy atom. The zero-order valence-corrected chi connectivity index (χ0v) is 12.0. The minimum Gasteiger partial charge on any atom is -0.322 e. The summed E-state index contributed by atoms with van der Waals surface area (Å²) in [6.07, 6.45) is 0. The minimum atomic E-state index is -3.73. The van der Waals surface area contributed by atoms with Gasteiger partial charge in [-0.25, -0.2) is 13.6 Å². The standard InChI is InChI=1S/C13H12N2O3S2/c14-20(17,18)10-7-5-9(6-8-10)15-13(16)11-3-1-2-4-12(11)19/h1-8,19H,(H,15,16)(H2,14,17,18). The summed E-state index contributed by atoms with van der Waals surface area (Å²) in [5.41, 5.74) is 0.908. The number of nitrogens with one attached hydrogen (secondary N) is 1. The predicted molar refractivity (Wildman–Crippen MR) is 79.5 cm³/mol. The quantitative estimate of drug-likeness (QED) is 0.756. The molecule has 0 spiro atoms. The van der Waals surface area contributed by atoms with E-state index in [1.54, 1.807) is 24.3 Å². The van der Waals surface area contributed by atoms with E-state index in [1.165, 1.54) is 24.3 Å². The molecule has 0 aliphatic rings. The van der Waals surface area contributed by atoms with Crippen molar-refractivity contribution in [3.63, 3.8) is 0 Å². The summed E-state index contributed by atoms with van der Waals surface area (Å²) in [6, 6.07) is 12.5. The van der Waals surface area contributed by atoms with Crippen LogP contribution in [0.15, 0.2) is 58.3 Å². The zero-order valence-electron chi connectivity index (χ0n) is 10.3. The number of hydrogen-bond acceptors (Lipinski definition) is 4. The second-order valence-electron chi connectivity index (χ2n) is 4.04. The van der Waals surface area contributed by atoms with Gasteiger partial charge in [-0.1, -0.05) is 12.1 Å². The van der Waals surface area contributed by atoms with Gasteiger partial charge in [-0.2, -0.15) is 0 Å². The number of thiol groups is 1. The van der Waals surface area contributed by atoms with E-state index in [2.05, 4.69) is 17.9 Å². The van der Waals surface area contributed by atoms with E-state index in [-0.39, 0.29) is 10.8 Å². The highest BCUT2D eigenvalue weighted by Gasteiger charge is 2.10. The minimum absolute atomic E-state index is 0.00917. The first-order valence-electron chi connectivity index (χ1n) is 5.60. The van der Waals surface area contributed by atoms with Crippen LogP contribution in [0, 0.1) is 0 Å². The molecule has 0 heterocycles. The fourth-order valence-electron chi connectivity index (χ4n) is 1.59. The van der Waals surface area contributed by atoms with Gasteiger partial charge in [0.05, 0.1) is 10.5 Å².